The fourth-order valence-electron chi connectivity index (χ4n) is 1.31. The van der Waals surface area contributed by atoms with Crippen LogP contribution >= 0.6 is 34.4 Å². The fraction of sp³-hybridized carbons (Fsp3) is 0.400. The highest BCUT2D eigenvalue weighted by Crippen LogP contribution is 2.46. The van der Waals surface area contributed by atoms with E-state index in [9.17, 15) is 0 Å². The molecule has 1 heterocycles. The van der Waals surface area contributed by atoms with Gasteiger partial charge in [0.1, 0.15) is 0 Å². The Morgan fingerprint density at radius 3 is 2.69 bits per heavy atom. The molecule has 0 amide bonds. The summed E-state index contributed by atoms with van der Waals surface area (Å²) in [6.07, 6.45) is 1.17. The summed E-state index contributed by atoms with van der Waals surface area (Å²) in [4.78, 5) is 0. The predicted octanol–water partition coefficient (Wildman–Crippen LogP) is 3.39. The molecule has 2 rings (SSSR count). The first-order chi connectivity index (χ1) is 6.31. The number of hydrogen-bond acceptors (Lipinski definition) is 2. The van der Waals surface area contributed by atoms with E-state index >= 15 is 0 Å². The second-order valence-electron chi connectivity index (χ2n) is 2.95. The molecule has 0 bridgehead atoms. The molecular formula is C10H11IOS. The number of hydrogen-bond donors (Lipinski definition) is 0. The van der Waals surface area contributed by atoms with Crippen LogP contribution in [0.2, 0.25) is 0 Å². The lowest BCUT2D eigenvalue weighted by atomic mass is 10.2. The van der Waals surface area contributed by atoms with Crippen LogP contribution in [0.15, 0.2) is 30.3 Å². The van der Waals surface area contributed by atoms with Crippen molar-refractivity contribution in [2.45, 2.75) is 9.36 Å². The average molecular weight is 306 g/mol. The maximum Gasteiger partial charge on any atom is 0.190 e. The van der Waals surface area contributed by atoms with Crippen LogP contribution < -0.4 is 0 Å². The van der Waals surface area contributed by atoms with Crippen LogP contribution in [0.4, 0.5) is 0 Å². The SMILES string of the molecule is IC1(c2ccccc2)OCCCS1. The van der Waals surface area contributed by atoms with Crippen molar-refractivity contribution in [3.8, 4) is 0 Å². The van der Waals surface area contributed by atoms with Gasteiger partial charge in [-0.15, -0.1) is 11.8 Å². The van der Waals surface area contributed by atoms with E-state index < -0.39 is 0 Å². The number of ether oxygens (including phenoxy) is 1. The molecule has 13 heavy (non-hydrogen) atoms. The van der Waals surface area contributed by atoms with Crippen molar-refractivity contribution in [3.63, 3.8) is 0 Å². The van der Waals surface area contributed by atoms with Crippen LogP contribution in [0.1, 0.15) is 12.0 Å². The first kappa shape index (κ1) is 9.80. The fourth-order valence-corrected chi connectivity index (χ4v) is 3.55. The Balaban J connectivity index is 2.23. The molecular weight excluding hydrogens is 295 g/mol. The summed E-state index contributed by atoms with van der Waals surface area (Å²) in [5, 5.41) is 0. The molecule has 70 valence electrons. The standard InChI is InChI=1S/C10H11IOS/c11-10(12-7-4-8-13-10)9-5-2-1-3-6-9/h1-3,5-6H,4,7-8H2. The monoisotopic (exact) mass is 306 g/mol. The number of alkyl halides is 1. The second-order valence-corrected chi connectivity index (χ2v) is 6.48. The van der Waals surface area contributed by atoms with Crippen LogP contribution in [0, 0.1) is 0 Å². The molecule has 1 aromatic carbocycles. The van der Waals surface area contributed by atoms with E-state index in [4.69, 9.17) is 4.74 Å². The van der Waals surface area contributed by atoms with Crippen molar-refractivity contribution in [2.75, 3.05) is 12.4 Å². The largest absolute Gasteiger partial charge is 0.351 e. The Kier molecular flexibility index (Phi) is 3.16. The highest BCUT2D eigenvalue weighted by atomic mass is 127. The van der Waals surface area contributed by atoms with Gasteiger partial charge in [-0.2, -0.15) is 0 Å². The molecule has 1 aromatic rings. The van der Waals surface area contributed by atoms with Gasteiger partial charge in [-0.3, -0.25) is 0 Å². The molecule has 0 spiro atoms. The minimum absolute atomic E-state index is 0.142. The normalized spacial score (nSPS) is 28.7. The zero-order valence-electron chi connectivity index (χ0n) is 7.20. The molecule has 0 aromatic heterocycles. The molecule has 1 nitrogen and oxygen atoms in total. The van der Waals surface area contributed by atoms with E-state index in [1.807, 2.05) is 17.8 Å². The molecule has 0 N–H and O–H groups in total. The van der Waals surface area contributed by atoms with Gasteiger partial charge in [0.25, 0.3) is 0 Å². The summed E-state index contributed by atoms with van der Waals surface area (Å²) in [6, 6.07) is 10.4. The molecule has 0 radical (unpaired) electrons. The maximum absolute atomic E-state index is 5.80. The quantitative estimate of drug-likeness (QED) is 0.581. The van der Waals surface area contributed by atoms with Crippen molar-refractivity contribution < 1.29 is 4.74 Å². The summed E-state index contributed by atoms with van der Waals surface area (Å²) in [6.45, 7) is 0.880. The second kappa shape index (κ2) is 4.19. The van der Waals surface area contributed by atoms with Gasteiger partial charge >= 0.3 is 0 Å². The Labute approximate surface area is 96.4 Å². The van der Waals surface area contributed by atoms with E-state index in [0.717, 1.165) is 6.61 Å². The van der Waals surface area contributed by atoms with Gasteiger partial charge in [0.05, 0.1) is 6.61 Å². The van der Waals surface area contributed by atoms with Crippen molar-refractivity contribution >= 4 is 34.4 Å². The lowest BCUT2D eigenvalue weighted by Crippen LogP contribution is -2.23. The van der Waals surface area contributed by atoms with Crippen LogP contribution in [0.5, 0.6) is 0 Å². The third kappa shape index (κ3) is 2.19. The van der Waals surface area contributed by atoms with Gasteiger partial charge in [-0.1, -0.05) is 30.3 Å². The Hall–Kier alpha value is 0.260. The van der Waals surface area contributed by atoms with Crippen LogP contribution in [0.3, 0.4) is 0 Å². The van der Waals surface area contributed by atoms with Gasteiger partial charge in [0, 0.05) is 5.56 Å². The maximum atomic E-state index is 5.80. The first-order valence-corrected chi connectivity index (χ1v) is 6.40. The zero-order chi connectivity index (χ0) is 9.15. The third-order valence-corrected chi connectivity index (χ3v) is 5.07. The average Bonchev–Trinajstić information content (AvgIpc) is 2.20. The van der Waals surface area contributed by atoms with Gasteiger partial charge in [0.2, 0.25) is 0 Å². The molecule has 0 saturated carbocycles. The number of halogens is 1. The van der Waals surface area contributed by atoms with Crippen LogP contribution in [-0.4, -0.2) is 12.4 Å². The summed E-state index contributed by atoms with van der Waals surface area (Å²) in [7, 11) is 0. The molecule has 1 fully saturated rings. The van der Waals surface area contributed by atoms with Crippen molar-refractivity contribution in [3.05, 3.63) is 35.9 Å². The molecule has 0 aliphatic carbocycles. The summed E-state index contributed by atoms with van der Waals surface area (Å²) in [5.74, 6) is 1.19. The van der Waals surface area contributed by atoms with Crippen molar-refractivity contribution in [2.24, 2.45) is 0 Å². The lowest BCUT2D eigenvalue weighted by molar-refractivity contribution is 0.0936. The van der Waals surface area contributed by atoms with E-state index in [-0.39, 0.29) is 2.94 Å². The van der Waals surface area contributed by atoms with Crippen LogP contribution in [-0.2, 0) is 7.68 Å². The van der Waals surface area contributed by atoms with Gasteiger partial charge in [-0.05, 0) is 34.8 Å². The summed E-state index contributed by atoms with van der Waals surface area (Å²) < 4.78 is 5.66. The molecule has 1 unspecified atom stereocenters. The summed E-state index contributed by atoms with van der Waals surface area (Å²) >= 11 is 4.28. The molecule has 3 heteroatoms. The molecule has 1 aliphatic heterocycles. The van der Waals surface area contributed by atoms with E-state index in [1.54, 1.807) is 0 Å². The number of rotatable bonds is 1. The highest BCUT2D eigenvalue weighted by molar-refractivity contribution is 14.1. The highest BCUT2D eigenvalue weighted by Gasteiger charge is 2.32. The van der Waals surface area contributed by atoms with Crippen molar-refractivity contribution in [1.29, 1.82) is 0 Å². The van der Waals surface area contributed by atoms with E-state index in [2.05, 4.69) is 46.9 Å². The minimum Gasteiger partial charge on any atom is -0.351 e. The molecule has 1 aliphatic rings. The van der Waals surface area contributed by atoms with Gasteiger partial charge in [0.15, 0.2) is 2.94 Å². The zero-order valence-corrected chi connectivity index (χ0v) is 10.2. The first-order valence-electron chi connectivity index (χ1n) is 4.34. The number of benzene rings is 1. The van der Waals surface area contributed by atoms with Crippen LogP contribution in [0.25, 0.3) is 0 Å². The Morgan fingerprint density at radius 1 is 1.31 bits per heavy atom. The smallest absolute Gasteiger partial charge is 0.190 e. The molecule has 1 atom stereocenters. The Bertz CT molecular complexity index is 270. The van der Waals surface area contributed by atoms with Gasteiger partial charge < -0.3 is 4.74 Å². The Morgan fingerprint density at radius 2 is 2.08 bits per heavy atom. The lowest BCUT2D eigenvalue weighted by Gasteiger charge is -2.31. The number of thioether (sulfide) groups is 1. The summed E-state index contributed by atoms with van der Waals surface area (Å²) in [5.41, 5.74) is 1.26. The third-order valence-electron chi connectivity index (χ3n) is 1.98. The molecule has 1 saturated heterocycles. The van der Waals surface area contributed by atoms with E-state index in [0.29, 0.717) is 0 Å². The topological polar surface area (TPSA) is 9.23 Å². The minimum atomic E-state index is -0.142. The van der Waals surface area contributed by atoms with Gasteiger partial charge in [-0.25, -0.2) is 0 Å². The predicted molar refractivity (Wildman–Crippen MR) is 65.2 cm³/mol. The van der Waals surface area contributed by atoms with Crippen molar-refractivity contribution in [1.82, 2.24) is 0 Å². The van der Waals surface area contributed by atoms with E-state index in [1.165, 1.54) is 17.7 Å².